The first-order valence-electron chi connectivity index (χ1n) is 6.46. The largest absolute Gasteiger partial charge is 0.480 e. The highest BCUT2D eigenvalue weighted by atomic mass is 32.2. The van der Waals surface area contributed by atoms with Crippen LogP contribution in [-0.4, -0.2) is 65.1 Å². The number of hydrogen-bond donors (Lipinski definition) is 2. The number of thioether (sulfide) groups is 1. The first-order valence-corrected chi connectivity index (χ1v) is 7.61. The number of amides is 2. The molecule has 114 valence electrons. The number of carboxylic acid groups (broad SMARTS) is 1. The molecule has 0 radical (unpaired) electrons. The van der Waals surface area contributed by atoms with Crippen LogP contribution in [0.5, 0.6) is 0 Å². The number of aliphatic carboxylic acids is 1. The van der Waals surface area contributed by atoms with Gasteiger partial charge < -0.3 is 20.5 Å². The van der Waals surface area contributed by atoms with Crippen LogP contribution in [0.15, 0.2) is 0 Å². The average molecular weight is 304 g/mol. The standard InChI is InChI=1S/C12H20N2O5S/c13-10(15)8-20-6-3-11(16)14-4-1-9(2-5-14)19-7-12(17)18/h9H,1-8H2,(H2,13,15)(H,17,18). The molecular formula is C12H20N2O5S. The van der Waals surface area contributed by atoms with E-state index < -0.39 is 5.97 Å². The fourth-order valence-electron chi connectivity index (χ4n) is 1.95. The van der Waals surface area contributed by atoms with Crippen LogP contribution in [0.1, 0.15) is 19.3 Å². The SMILES string of the molecule is NC(=O)CSCCC(=O)N1CCC(OCC(=O)O)CC1. The molecule has 20 heavy (non-hydrogen) atoms. The molecule has 0 aromatic carbocycles. The number of carbonyl (C=O) groups excluding carboxylic acids is 2. The molecule has 0 bridgehead atoms. The molecule has 1 fully saturated rings. The number of primary amides is 1. The van der Waals surface area contributed by atoms with Gasteiger partial charge in [-0.1, -0.05) is 0 Å². The van der Waals surface area contributed by atoms with Crippen LogP contribution in [0.3, 0.4) is 0 Å². The van der Waals surface area contributed by atoms with Gasteiger partial charge in [0.15, 0.2) is 0 Å². The number of ether oxygens (including phenoxy) is 1. The minimum atomic E-state index is -0.977. The maximum atomic E-state index is 11.9. The van der Waals surface area contributed by atoms with E-state index in [9.17, 15) is 14.4 Å². The maximum absolute atomic E-state index is 11.9. The van der Waals surface area contributed by atoms with Crippen LogP contribution in [0.4, 0.5) is 0 Å². The Morgan fingerprint density at radius 3 is 2.50 bits per heavy atom. The van der Waals surface area contributed by atoms with E-state index in [-0.39, 0.29) is 30.3 Å². The van der Waals surface area contributed by atoms with Gasteiger partial charge >= 0.3 is 5.97 Å². The summed E-state index contributed by atoms with van der Waals surface area (Å²) in [7, 11) is 0. The van der Waals surface area contributed by atoms with Crippen molar-refractivity contribution in [2.45, 2.75) is 25.4 Å². The summed E-state index contributed by atoms with van der Waals surface area (Å²) in [5, 5.41) is 8.52. The molecule has 0 atom stereocenters. The molecule has 1 rings (SSSR count). The van der Waals surface area contributed by atoms with Gasteiger partial charge in [-0.05, 0) is 12.8 Å². The van der Waals surface area contributed by atoms with Crippen LogP contribution >= 0.6 is 11.8 Å². The second kappa shape index (κ2) is 8.80. The van der Waals surface area contributed by atoms with Gasteiger partial charge in [-0.25, -0.2) is 4.79 Å². The molecule has 0 aliphatic carbocycles. The fraction of sp³-hybridized carbons (Fsp3) is 0.750. The van der Waals surface area contributed by atoms with Crippen molar-refractivity contribution in [3.8, 4) is 0 Å². The summed E-state index contributed by atoms with van der Waals surface area (Å²) in [6, 6.07) is 0. The van der Waals surface area contributed by atoms with Crippen LogP contribution in [0.25, 0.3) is 0 Å². The molecule has 0 spiro atoms. The quantitative estimate of drug-likeness (QED) is 0.595. The van der Waals surface area contributed by atoms with E-state index in [2.05, 4.69) is 0 Å². The first-order chi connectivity index (χ1) is 9.49. The van der Waals surface area contributed by atoms with Crippen LogP contribution in [0.2, 0.25) is 0 Å². The van der Waals surface area contributed by atoms with Crippen molar-refractivity contribution < 1.29 is 24.2 Å². The van der Waals surface area contributed by atoms with Crippen molar-refractivity contribution in [3.05, 3.63) is 0 Å². The Balaban J connectivity index is 2.15. The van der Waals surface area contributed by atoms with Crippen molar-refractivity contribution in [3.63, 3.8) is 0 Å². The molecule has 1 aliphatic rings. The van der Waals surface area contributed by atoms with Crippen molar-refractivity contribution in [2.24, 2.45) is 5.73 Å². The zero-order valence-corrected chi connectivity index (χ0v) is 12.1. The van der Waals surface area contributed by atoms with E-state index in [1.807, 2.05) is 0 Å². The third kappa shape index (κ3) is 6.76. The first kappa shape index (κ1) is 16.8. The van der Waals surface area contributed by atoms with Crippen molar-refractivity contribution >= 4 is 29.5 Å². The summed E-state index contributed by atoms with van der Waals surface area (Å²) in [4.78, 5) is 34.6. The van der Waals surface area contributed by atoms with Crippen molar-refractivity contribution in [1.29, 1.82) is 0 Å². The molecule has 0 aromatic rings. The van der Waals surface area contributed by atoms with Gasteiger partial charge in [-0.2, -0.15) is 11.8 Å². The molecule has 1 aliphatic heterocycles. The number of rotatable bonds is 8. The van der Waals surface area contributed by atoms with E-state index in [1.165, 1.54) is 11.8 Å². The minimum absolute atomic E-state index is 0.0543. The second-order valence-corrected chi connectivity index (χ2v) is 5.66. The van der Waals surface area contributed by atoms with E-state index in [1.54, 1.807) is 4.90 Å². The third-order valence-electron chi connectivity index (χ3n) is 2.94. The topological polar surface area (TPSA) is 110 Å². The number of nitrogens with two attached hydrogens (primary N) is 1. The Bertz CT molecular complexity index is 356. The van der Waals surface area contributed by atoms with E-state index >= 15 is 0 Å². The van der Waals surface area contributed by atoms with E-state index in [0.717, 1.165) is 0 Å². The van der Waals surface area contributed by atoms with Crippen molar-refractivity contribution in [1.82, 2.24) is 4.90 Å². The Labute approximate surface area is 121 Å². The Morgan fingerprint density at radius 1 is 1.30 bits per heavy atom. The van der Waals surface area contributed by atoms with E-state index in [0.29, 0.717) is 38.1 Å². The predicted octanol–water partition coefficient (Wildman–Crippen LogP) is -0.313. The van der Waals surface area contributed by atoms with Gasteiger partial charge in [0.25, 0.3) is 0 Å². The monoisotopic (exact) mass is 304 g/mol. The predicted molar refractivity (Wildman–Crippen MR) is 74.3 cm³/mol. The lowest BCUT2D eigenvalue weighted by Gasteiger charge is -2.31. The Kier molecular flexibility index (Phi) is 7.38. The van der Waals surface area contributed by atoms with Gasteiger partial charge in [-0.3, -0.25) is 9.59 Å². The Hall–Kier alpha value is -1.28. The summed E-state index contributed by atoms with van der Waals surface area (Å²) in [5.41, 5.74) is 5.01. The number of carboxylic acids is 1. The number of nitrogens with zero attached hydrogens (tertiary/aromatic N) is 1. The Morgan fingerprint density at radius 2 is 1.95 bits per heavy atom. The lowest BCUT2D eigenvalue weighted by molar-refractivity contribution is -0.146. The third-order valence-corrected chi connectivity index (χ3v) is 3.92. The highest BCUT2D eigenvalue weighted by Crippen LogP contribution is 2.15. The zero-order chi connectivity index (χ0) is 15.0. The van der Waals surface area contributed by atoms with Gasteiger partial charge in [0.05, 0.1) is 11.9 Å². The molecule has 8 heteroatoms. The zero-order valence-electron chi connectivity index (χ0n) is 11.2. The second-order valence-electron chi connectivity index (χ2n) is 4.55. The lowest BCUT2D eigenvalue weighted by Crippen LogP contribution is -2.41. The normalized spacial score (nSPS) is 16.1. The molecule has 0 aromatic heterocycles. The number of piperidine rings is 1. The number of hydrogen-bond acceptors (Lipinski definition) is 5. The molecule has 0 unspecified atom stereocenters. The maximum Gasteiger partial charge on any atom is 0.329 e. The van der Waals surface area contributed by atoms with E-state index in [4.69, 9.17) is 15.6 Å². The minimum Gasteiger partial charge on any atom is -0.480 e. The fourth-order valence-corrected chi connectivity index (χ4v) is 2.62. The van der Waals surface area contributed by atoms with Gasteiger partial charge in [0.2, 0.25) is 11.8 Å². The summed E-state index contributed by atoms with van der Waals surface area (Å²) in [6.07, 6.45) is 1.62. The smallest absolute Gasteiger partial charge is 0.329 e. The van der Waals surface area contributed by atoms with Gasteiger partial charge in [0, 0.05) is 25.3 Å². The molecule has 1 saturated heterocycles. The molecule has 3 N–H and O–H groups in total. The summed E-state index contributed by atoms with van der Waals surface area (Å²) in [6.45, 7) is 0.885. The molecule has 7 nitrogen and oxygen atoms in total. The molecule has 1 heterocycles. The molecule has 2 amide bonds. The average Bonchev–Trinajstić information content (AvgIpc) is 2.41. The number of likely N-dealkylation sites (tertiary alicyclic amines) is 1. The molecule has 0 saturated carbocycles. The van der Waals surface area contributed by atoms with Gasteiger partial charge in [0.1, 0.15) is 6.61 Å². The van der Waals surface area contributed by atoms with Crippen molar-refractivity contribution in [2.75, 3.05) is 31.2 Å². The highest BCUT2D eigenvalue weighted by molar-refractivity contribution is 7.99. The lowest BCUT2D eigenvalue weighted by atomic mass is 10.1. The van der Waals surface area contributed by atoms with Gasteiger partial charge in [-0.15, -0.1) is 0 Å². The highest BCUT2D eigenvalue weighted by Gasteiger charge is 2.23. The van der Waals surface area contributed by atoms with Crippen LogP contribution < -0.4 is 5.73 Å². The van der Waals surface area contributed by atoms with Crippen LogP contribution in [-0.2, 0) is 19.1 Å². The number of carbonyl (C=O) groups is 3. The molecular weight excluding hydrogens is 284 g/mol. The van der Waals surface area contributed by atoms with Crippen LogP contribution in [0, 0.1) is 0 Å². The summed E-state index contributed by atoms with van der Waals surface area (Å²) in [5.74, 6) is -0.484. The summed E-state index contributed by atoms with van der Waals surface area (Å²) >= 11 is 1.35. The summed E-state index contributed by atoms with van der Waals surface area (Å²) < 4.78 is 5.20.